The summed E-state index contributed by atoms with van der Waals surface area (Å²) < 4.78 is 5.75. The van der Waals surface area contributed by atoms with Gasteiger partial charge in [-0.3, -0.25) is 0 Å². The molecule has 0 aromatic carbocycles. The van der Waals surface area contributed by atoms with E-state index in [-0.39, 0.29) is 5.60 Å². The van der Waals surface area contributed by atoms with E-state index in [1.165, 1.54) is 57.8 Å². The van der Waals surface area contributed by atoms with Gasteiger partial charge in [0.15, 0.2) is 0 Å². The third-order valence-electron chi connectivity index (χ3n) is 4.29. The molecular weight excluding hydrogens is 256 g/mol. The molecule has 0 spiro atoms. The molecule has 0 radical (unpaired) electrons. The minimum Gasteiger partial charge on any atom is -0.376 e. The molecule has 2 rings (SSSR count). The van der Waals surface area contributed by atoms with Crippen molar-refractivity contribution in [3.63, 3.8) is 0 Å². The van der Waals surface area contributed by atoms with Gasteiger partial charge in [0.25, 0.3) is 0 Å². The summed E-state index contributed by atoms with van der Waals surface area (Å²) in [5.41, 5.74) is 4.82. The van der Waals surface area contributed by atoms with Crippen LogP contribution < -0.4 is 0 Å². The van der Waals surface area contributed by atoms with E-state index in [9.17, 15) is 0 Å². The Hall–Kier alpha value is -0.820. The lowest BCUT2D eigenvalue weighted by molar-refractivity contribution is -0.00474. The molecule has 0 fully saturated rings. The summed E-state index contributed by atoms with van der Waals surface area (Å²) in [6.45, 7) is 7.30. The van der Waals surface area contributed by atoms with Gasteiger partial charge in [0.1, 0.15) is 0 Å². The van der Waals surface area contributed by atoms with Crippen LogP contribution in [0.1, 0.15) is 78.6 Å². The molecule has 0 N–H and O–H groups in total. The van der Waals surface area contributed by atoms with E-state index >= 15 is 0 Å². The summed E-state index contributed by atoms with van der Waals surface area (Å²) in [6, 6.07) is 0. The molecule has 0 unspecified atom stereocenters. The topological polar surface area (TPSA) is 9.23 Å². The first-order valence-electron chi connectivity index (χ1n) is 8.79. The highest BCUT2D eigenvalue weighted by molar-refractivity contribution is 5.54. The molecule has 21 heavy (non-hydrogen) atoms. The average Bonchev–Trinajstić information content (AvgIpc) is 2.84. The van der Waals surface area contributed by atoms with Crippen LogP contribution in [-0.2, 0) is 4.74 Å². The lowest BCUT2D eigenvalue weighted by Gasteiger charge is -2.19. The second kappa shape index (κ2) is 7.98. The van der Waals surface area contributed by atoms with Gasteiger partial charge < -0.3 is 4.74 Å². The van der Waals surface area contributed by atoms with Crippen molar-refractivity contribution in [2.45, 2.75) is 84.2 Å². The van der Waals surface area contributed by atoms with Crippen LogP contribution in [0.25, 0.3) is 0 Å². The molecule has 0 saturated carbocycles. The van der Waals surface area contributed by atoms with Crippen molar-refractivity contribution in [3.8, 4) is 0 Å². The SMILES string of the molecule is CC(C)(C)OCCCCCCCC1=CCC2=CCCC=C21. The Balaban J connectivity index is 1.51. The van der Waals surface area contributed by atoms with Gasteiger partial charge in [-0.05, 0) is 76.0 Å². The molecule has 2 aliphatic rings. The van der Waals surface area contributed by atoms with Crippen LogP contribution in [0.3, 0.4) is 0 Å². The molecule has 0 aromatic heterocycles. The van der Waals surface area contributed by atoms with E-state index < -0.39 is 0 Å². The van der Waals surface area contributed by atoms with Crippen molar-refractivity contribution in [1.29, 1.82) is 0 Å². The van der Waals surface area contributed by atoms with Gasteiger partial charge in [0.2, 0.25) is 0 Å². The fourth-order valence-electron chi connectivity index (χ4n) is 3.16. The predicted molar refractivity (Wildman–Crippen MR) is 91.5 cm³/mol. The van der Waals surface area contributed by atoms with E-state index in [4.69, 9.17) is 4.74 Å². The van der Waals surface area contributed by atoms with Crippen molar-refractivity contribution < 1.29 is 4.74 Å². The number of unbranched alkanes of at least 4 members (excludes halogenated alkanes) is 4. The highest BCUT2D eigenvalue weighted by Crippen LogP contribution is 2.36. The third kappa shape index (κ3) is 5.82. The molecule has 118 valence electrons. The number of hydrogen-bond donors (Lipinski definition) is 0. The minimum absolute atomic E-state index is 0.0217. The molecular formula is C20H32O. The molecule has 0 aromatic rings. The molecule has 2 aliphatic carbocycles. The quantitative estimate of drug-likeness (QED) is 0.489. The first-order chi connectivity index (χ1) is 10.1. The first-order valence-corrected chi connectivity index (χ1v) is 8.79. The summed E-state index contributed by atoms with van der Waals surface area (Å²) >= 11 is 0. The van der Waals surface area contributed by atoms with Crippen LogP contribution in [0, 0.1) is 0 Å². The van der Waals surface area contributed by atoms with E-state index in [1.54, 1.807) is 16.7 Å². The number of rotatable bonds is 8. The zero-order chi connectivity index (χ0) is 15.1. The van der Waals surface area contributed by atoms with Crippen molar-refractivity contribution in [2.24, 2.45) is 0 Å². The smallest absolute Gasteiger partial charge is 0.0598 e. The first kappa shape index (κ1) is 16.5. The standard InChI is InChI=1S/C20H32O/c1-20(2,3)21-16-10-6-4-5-7-11-17-14-15-18-12-8-9-13-19(17)18/h12-14H,4-11,15-16H2,1-3H3. The molecule has 0 amide bonds. The molecule has 1 heteroatoms. The van der Waals surface area contributed by atoms with Crippen LogP contribution in [-0.4, -0.2) is 12.2 Å². The lowest BCUT2D eigenvalue weighted by Crippen LogP contribution is -2.19. The lowest BCUT2D eigenvalue weighted by atomic mass is 9.94. The minimum atomic E-state index is 0.0217. The Morgan fingerprint density at radius 1 is 0.905 bits per heavy atom. The average molecular weight is 288 g/mol. The van der Waals surface area contributed by atoms with Crippen molar-refractivity contribution in [2.75, 3.05) is 6.61 Å². The Morgan fingerprint density at radius 3 is 2.43 bits per heavy atom. The predicted octanol–water partition coefficient (Wildman–Crippen LogP) is 6.12. The highest BCUT2D eigenvalue weighted by Gasteiger charge is 2.17. The van der Waals surface area contributed by atoms with Gasteiger partial charge in [-0.1, -0.05) is 37.5 Å². The van der Waals surface area contributed by atoms with Crippen LogP contribution in [0.2, 0.25) is 0 Å². The normalized spacial score (nSPS) is 18.1. The van der Waals surface area contributed by atoms with E-state index in [0.717, 1.165) is 6.61 Å². The van der Waals surface area contributed by atoms with E-state index in [0.29, 0.717) is 0 Å². The fraction of sp³-hybridized carbons (Fsp3) is 0.700. The van der Waals surface area contributed by atoms with Crippen LogP contribution >= 0.6 is 0 Å². The second-order valence-corrected chi connectivity index (χ2v) is 7.34. The van der Waals surface area contributed by atoms with Gasteiger partial charge in [-0.15, -0.1) is 0 Å². The molecule has 0 saturated heterocycles. The molecule has 0 aliphatic heterocycles. The zero-order valence-electron chi connectivity index (χ0n) is 14.2. The van der Waals surface area contributed by atoms with E-state index in [2.05, 4.69) is 39.0 Å². The Labute approximate surface area is 131 Å². The van der Waals surface area contributed by atoms with Gasteiger partial charge in [0.05, 0.1) is 5.60 Å². The molecule has 0 bridgehead atoms. The van der Waals surface area contributed by atoms with Crippen LogP contribution in [0.15, 0.2) is 34.9 Å². The van der Waals surface area contributed by atoms with Crippen LogP contribution in [0.4, 0.5) is 0 Å². The summed E-state index contributed by atoms with van der Waals surface area (Å²) in [4.78, 5) is 0. The van der Waals surface area contributed by atoms with Gasteiger partial charge in [-0.2, -0.15) is 0 Å². The van der Waals surface area contributed by atoms with Crippen LogP contribution in [0.5, 0.6) is 0 Å². The molecule has 1 nitrogen and oxygen atoms in total. The summed E-state index contributed by atoms with van der Waals surface area (Å²) in [6.07, 6.45) is 18.9. The third-order valence-corrected chi connectivity index (χ3v) is 4.29. The number of allylic oxidation sites excluding steroid dienone is 6. The van der Waals surface area contributed by atoms with Crippen molar-refractivity contribution in [1.82, 2.24) is 0 Å². The second-order valence-electron chi connectivity index (χ2n) is 7.34. The monoisotopic (exact) mass is 288 g/mol. The number of ether oxygens (including phenoxy) is 1. The largest absolute Gasteiger partial charge is 0.376 e. The Bertz CT molecular complexity index is 418. The molecule has 0 heterocycles. The van der Waals surface area contributed by atoms with Crippen molar-refractivity contribution in [3.05, 3.63) is 34.9 Å². The zero-order valence-corrected chi connectivity index (χ0v) is 14.2. The van der Waals surface area contributed by atoms with Gasteiger partial charge in [0, 0.05) is 6.61 Å². The summed E-state index contributed by atoms with van der Waals surface area (Å²) in [5.74, 6) is 0. The van der Waals surface area contributed by atoms with E-state index in [1.807, 2.05) is 0 Å². The number of fused-ring (bicyclic) bond motifs is 1. The summed E-state index contributed by atoms with van der Waals surface area (Å²) in [7, 11) is 0. The highest BCUT2D eigenvalue weighted by atomic mass is 16.5. The maximum Gasteiger partial charge on any atom is 0.0598 e. The Kier molecular flexibility index (Phi) is 6.29. The maximum atomic E-state index is 5.75. The van der Waals surface area contributed by atoms with Gasteiger partial charge >= 0.3 is 0 Å². The summed E-state index contributed by atoms with van der Waals surface area (Å²) in [5, 5.41) is 0. The van der Waals surface area contributed by atoms with Gasteiger partial charge in [-0.25, -0.2) is 0 Å². The maximum absolute atomic E-state index is 5.75. The number of hydrogen-bond acceptors (Lipinski definition) is 1. The Morgan fingerprint density at radius 2 is 1.62 bits per heavy atom. The molecule has 0 atom stereocenters. The fourth-order valence-corrected chi connectivity index (χ4v) is 3.16. The van der Waals surface area contributed by atoms with Crippen molar-refractivity contribution >= 4 is 0 Å².